The van der Waals surface area contributed by atoms with Crippen LogP contribution in [0.1, 0.15) is 58.6 Å². The van der Waals surface area contributed by atoms with E-state index in [-0.39, 0.29) is 29.1 Å². The van der Waals surface area contributed by atoms with Gasteiger partial charge < -0.3 is 13.8 Å². The predicted octanol–water partition coefficient (Wildman–Crippen LogP) is 4.56. The van der Waals surface area contributed by atoms with Gasteiger partial charge in [-0.1, -0.05) is 16.8 Å². The van der Waals surface area contributed by atoms with E-state index in [9.17, 15) is 4.79 Å². The van der Waals surface area contributed by atoms with Crippen molar-refractivity contribution in [2.24, 2.45) is 0 Å². The Morgan fingerprint density at radius 3 is 2.77 bits per heavy atom. The molecule has 156 valence electrons. The van der Waals surface area contributed by atoms with Crippen molar-refractivity contribution >= 4 is 28.2 Å². The molecule has 4 aromatic rings. The lowest BCUT2D eigenvalue weighted by Gasteiger charge is -2.17. The number of imidazole rings is 1. The summed E-state index contributed by atoms with van der Waals surface area (Å²) >= 11 is 6.20. The summed E-state index contributed by atoms with van der Waals surface area (Å²) in [6, 6.07) is 5.40. The highest BCUT2D eigenvalue weighted by atomic mass is 35.5. The summed E-state index contributed by atoms with van der Waals surface area (Å²) in [5.74, 6) is 0.690. The first-order valence-corrected chi connectivity index (χ1v) is 10.4. The molecule has 1 aliphatic rings. The van der Waals surface area contributed by atoms with Crippen LogP contribution in [-0.2, 0) is 4.74 Å². The molecular weight excluding hydrogens is 406 g/mol. The van der Waals surface area contributed by atoms with Crippen LogP contribution in [0.25, 0.3) is 28.1 Å². The lowest BCUT2D eigenvalue weighted by Crippen LogP contribution is -2.24. The van der Waals surface area contributed by atoms with Crippen LogP contribution in [0.5, 0.6) is 0 Å². The van der Waals surface area contributed by atoms with Crippen LogP contribution in [0.3, 0.4) is 0 Å². The van der Waals surface area contributed by atoms with Gasteiger partial charge in [0.1, 0.15) is 23.6 Å². The van der Waals surface area contributed by atoms with Gasteiger partial charge in [-0.3, -0.25) is 9.20 Å². The fourth-order valence-electron chi connectivity index (χ4n) is 4.15. The molecule has 9 heteroatoms. The molecule has 1 aromatic carbocycles. The van der Waals surface area contributed by atoms with Gasteiger partial charge in [0.25, 0.3) is 11.4 Å². The van der Waals surface area contributed by atoms with Crippen molar-refractivity contribution in [1.82, 2.24) is 24.1 Å². The number of halogens is 1. The summed E-state index contributed by atoms with van der Waals surface area (Å²) in [6.45, 7) is 8.00. The second-order valence-electron chi connectivity index (χ2n) is 8.57. The Morgan fingerprint density at radius 1 is 1.27 bits per heavy atom. The van der Waals surface area contributed by atoms with Gasteiger partial charge in [0.15, 0.2) is 0 Å². The summed E-state index contributed by atoms with van der Waals surface area (Å²) in [6.07, 6.45) is 3.09. The normalized spacial score (nSPS) is 18.8. The number of hydrogen-bond donors (Lipinski definition) is 0. The molecule has 0 aliphatic carbocycles. The van der Waals surface area contributed by atoms with Crippen molar-refractivity contribution in [2.75, 3.05) is 0 Å². The van der Waals surface area contributed by atoms with Crippen LogP contribution >= 0.6 is 11.6 Å². The lowest BCUT2D eigenvalue weighted by atomic mass is 10.1. The maximum Gasteiger partial charge on any atom is 0.278 e. The lowest BCUT2D eigenvalue weighted by molar-refractivity contribution is -0.0292. The van der Waals surface area contributed by atoms with E-state index >= 15 is 0 Å². The average Bonchev–Trinajstić information content (AvgIpc) is 3.38. The zero-order chi connectivity index (χ0) is 21.2. The molecule has 1 atom stereocenters. The standard InChI is InChI=1S/C21H22ClN5O3/c1-11(2)27-14-9-12(22)5-6-13(14)26-10-23-16(17(26)20(27)28)18-24-19(30-25-18)15-7-8-21(3,4)29-15/h5-6,9-11,15H,7-8H2,1-4H3. The van der Waals surface area contributed by atoms with Gasteiger partial charge in [-0.05, 0) is 58.7 Å². The number of nitrogens with zero attached hydrogens (tertiary/aromatic N) is 5. The van der Waals surface area contributed by atoms with Crippen molar-refractivity contribution < 1.29 is 9.26 Å². The molecular formula is C21H22ClN5O3. The monoisotopic (exact) mass is 427 g/mol. The molecule has 1 fully saturated rings. The largest absolute Gasteiger partial charge is 0.363 e. The summed E-state index contributed by atoms with van der Waals surface area (Å²) in [5, 5.41) is 4.67. The van der Waals surface area contributed by atoms with Crippen molar-refractivity contribution in [3.8, 4) is 11.5 Å². The Balaban J connectivity index is 1.70. The maximum atomic E-state index is 13.4. The van der Waals surface area contributed by atoms with Gasteiger partial charge in [-0.2, -0.15) is 4.98 Å². The molecule has 30 heavy (non-hydrogen) atoms. The van der Waals surface area contributed by atoms with Gasteiger partial charge in [0.2, 0.25) is 5.82 Å². The van der Waals surface area contributed by atoms with E-state index < -0.39 is 0 Å². The minimum atomic E-state index is -0.245. The number of aromatic nitrogens is 5. The van der Waals surface area contributed by atoms with Crippen molar-refractivity contribution in [1.29, 1.82) is 0 Å². The first-order valence-electron chi connectivity index (χ1n) is 9.98. The van der Waals surface area contributed by atoms with E-state index in [0.29, 0.717) is 22.1 Å². The van der Waals surface area contributed by atoms with Crippen LogP contribution in [0.15, 0.2) is 33.8 Å². The highest BCUT2D eigenvalue weighted by molar-refractivity contribution is 6.31. The third-order valence-corrected chi connectivity index (χ3v) is 5.80. The van der Waals surface area contributed by atoms with E-state index in [1.807, 2.05) is 33.8 Å². The van der Waals surface area contributed by atoms with Crippen LogP contribution in [0, 0.1) is 0 Å². The molecule has 0 N–H and O–H groups in total. The number of fused-ring (bicyclic) bond motifs is 3. The minimum Gasteiger partial charge on any atom is -0.363 e. The number of hydrogen-bond acceptors (Lipinski definition) is 6. The first kappa shape index (κ1) is 19.3. The Hall–Kier alpha value is -2.71. The molecule has 0 saturated carbocycles. The topological polar surface area (TPSA) is 87.5 Å². The molecule has 0 bridgehead atoms. The fraction of sp³-hybridized carbons (Fsp3) is 0.429. The number of rotatable bonds is 3. The van der Waals surface area contributed by atoms with Crippen LogP contribution in [0.4, 0.5) is 0 Å². The van der Waals surface area contributed by atoms with E-state index in [0.717, 1.165) is 23.9 Å². The highest BCUT2D eigenvalue weighted by Crippen LogP contribution is 2.38. The van der Waals surface area contributed by atoms with E-state index in [1.54, 1.807) is 27.4 Å². The van der Waals surface area contributed by atoms with Crippen molar-refractivity contribution in [2.45, 2.75) is 58.3 Å². The summed E-state index contributed by atoms with van der Waals surface area (Å²) in [4.78, 5) is 22.4. The Morgan fingerprint density at radius 2 is 2.07 bits per heavy atom. The van der Waals surface area contributed by atoms with Gasteiger partial charge in [-0.25, -0.2) is 4.98 Å². The maximum absolute atomic E-state index is 13.4. The SMILES string of the molecule is CC(C)n1c(=O)c2c(-c3noc(C4CCC(C)(C)O4)n3)ncn2c2ccc(Cl)cc21. The fourth-order valence-corrected chi connectivity index (χ4v) is 4.31. The third kappa shape index (κ3) is 2.94. The smallest absolute Gasteiger partial charge is 0.278 e. The second kappa shape index (κ2) is 6.65. The Kier molecular flexibility index (Phi) is 4.27. The number of benzene rings is 1. The minimum absolute atomic E-state index is 0.0684. The molecule has 0 amide bonds. The Labute approximate surface area is 177 Å². The predicted molar refractivity (Wildman–Crippen MR) is 113 cm³/mol. The molecule has 1 saturated heterocycles. The molecule has 1 aliphatic heterocycles. The molecule has 0 spiro atoms. The Bertz CT molecular complexity index is 1330. The summed E-state index contributed by atoms with van der Waals surface area (Å²) < 4.78 is 14.9. The average molecular weight is 428 g/mol. The molecule has 1 unspecified atom stereocenters. The second-order valence-corrected chi connectivity index (χ2v) is 9.01. The van der Waals surface area contributed by atoms with E-state index in [4.69, 9.17) is 20.9 Å². The van der Waals surface area contributed by atoms with Gasteiger partial charge in [-0.15, -0.1) is 0 Å². The summed E-state index contributed by atoms with van der Waals surface area (Å²) in [7, 11) is 0. The highest BCUT2D eigenvalue weighted by Gasteiger charge is 2.36. The van der Waals surface area contributed by atoms with Gasteiger partial charge in [0, 0.05) is 11.1 Å². The van der Waals surface area contributed by atoms with E-state index in [2.05, 4.69) is 15.1 Å². The number of ether oxygens (including phenoxy) is 1. The van der Waals surface area contributed by atoms with Crippen molar-refractivity contribution in [3.05, 3.63) is 45.8 Å². The molecule has 8 nitrogen and oxygen atoms in total. The van der Waals surface area contributed by atoms with Crippen LogP contribution in [0.2, 0.25) is 5.02 Å². The third-order valence-electron chi connectivity index (χ3n) is 5.56. The molecule has 5 rings (SSSR count). The molecule has 3 aromatic heterocycles. The van der Waals surface area contributed by atoms with Crippen LogP contribution in [-0.4, -0.2) is 29.7 Å². The molecule has 0 radical (unpaired) electrons. The van der Waals surface area contributed by atoms with Gasteiger partial charge >= 0.3 is 0 Å². The van der Waals surface area contributed by atoms with Crippen molar-refractivity contribution in [3.63, 3.8) is 0 Å². The molecule has 4 heterocycles. The zero-order valence-electron chi connectivity index (χ0n) is 17.2. The first-order chi connectivity index (χ1) is 14.2. The van der Waals surface area contributed by atoms with Crippen LogP contribution < -0.4 is 5.56 Å². The van der Waals surface area contributed by atoms with Gasteiger partial charge in [0.05, 0.1) is 16.6 Å². The van der Waals surface area contributed by atoms with E-state index in [1.165, 1.54) is 0 Å². The quantitative estimate of drug-likeness (QED) is 0.476. The summed E-state index contributed by atoms with van der Waals surface area (Å²) in [5.41, 5.74) is 1.96. The zero-order valence-corrected chi connectivity index (χ0v) is 18.0.